The van der Waals surface area contributed by atoms with E-state index in [-0.39, 0.29) is 11.2 Å². The highest BCUT2D eigenvalue weighted by Gasteiger charge is 2.37. The van der Waals surface area contributed by atoms with Crippen LogP contribution in [-0.4, -0.2) is 15.9 Å². The zero-order valence-corrected chi connectivity index (χ0v) is 20.3. The van der Waals surface area contributed by atoms with Crippen molar-refractivity contribution in [2.24, 2.45) is 0 Å². The van der Waals surface area contributed by atoms with Gasteiger partial charge in [-0.3, -0.25) is 0 Å². The molecule has 2 aromatic carbocycles. The lowest BCUT2D eigenvalue weighted by atomic mass is 9.87. The Morgan fingerprint density at radius 1 is 1.23 bits per heavy atom. The molecule has 158 valence electrons. The lowest BCUT2D eigenvalue weighted by Gasteiger charge is -2.23. The van der Waals surface area contributed by atoms with Gasteiger partial charge >= 0.3 is 0 Å². The quantitative estimate of drug-likeness (QED) is 0.368. The summed E-state index contributed by atoms with van der Waals surface area (Å²) in [5, 5.41) is 2.22. The number of anilines is 2. The molecule has 30 heavy (non-hydrogen) atoms. The molecule has 1 aliphatic rings. The van der Waals surface area contributed by atoms with Crippen molar-refractivity contribution in [1.29, 1.82) is 0 Å². The number of benzene rings is 2. The Balaban J connectivity index is 1.56. The van der Waals surface area contributed by atoms with Crippen LogP contribution in [0.4, 0.5) is 15.2 Å². The minimum atomic E-state index is -0.346. The number of aromatic nitrogens is 2. The van der Waals surface area contributed by atoms with E-state index in [2.05, 4.69) is 32.8 Å². The minimum absolute atomic E-state index is 0.179. The van der Waals surface area contributed by atoms with Crippen molar-refractivity contribution in [3.05, 3.63) is 62.1 Å². The normalized spacial score (nSPS) is 14.8. The van der Waals surface area contributed by atoms with E-state index in [1.807, 2.05) is 6.07 Å². The standard InChI is InChI=1S/C20H18Cl3FN4S2/c1-10-25-19(30-26-10)27-29-16-7-13(22)11(6-14(16)24)8-28-9-20(2,3)17-15(28)5-4-12(21)18(17)23/h4-7H,8-9H2,1-3H3,(H,25,26,27). The van der Waals surface area contributed by atoms with Crippen LogP contribution in [0.3, 0.4) is 0 Å². The SMILES string of the molecule is Cc1nsc(NSc2cc(Cl)c(CN3CC(C)(C)c4c3ccc(Cl)c4Cl)cc2F)n1. The summed E-state index contributed by atoms with van der Waals surface area (Å²) in [7, 11) is 0. The molecule has 0 amide bonds. The van der Waals surface area contributed by atoms with Crippen molar-refractivity contribution in [3.8, 4) is 0 Å². The summed E-state index contributed by atoms with van der Waals surface area (Å²) in [5.41, 5.74) is 2.54. The molecule has 1 aromatic heterocycles. The maximum atomic E-state index is 14.8. The first-order chi connectivity index (χ1) is 14.2. The number of hydrogen-bond donors (Lipinski definition) is 1. The molecule has 0 radical (unpaired) electrons. The minimum Gasteiger partial charge on any atom is -0.366 e. The highest BCUT2D eigenvalue weighted by Crippen LogP contribution is 2.47. The highest BCUT2D eigenvalue weighted by atomic mass is 35.5. The van der Waals surface area contributed by atoms with Crippen LogP contribution in [0.5, 0.6) is 0 Å². The van der Waals surface area contributed by atoms with Crippen molar-refractivity contribution in [1.82, 2.24) is 9.36 Å². The number of hydrogen-bond acceptors (Lipinski definition) is 6. The van der Waals surface area contributed by atoms with E-state index in [1.165, 1.54) is 17.6 Å². The molecule has 10 heteroatoms. The van der Waals surface area contributed by atoms with Gasteiger partial charge in [-0.05, 0) is 48.7 Å². The summed E-state index contributed by atoms with van der Waals surface area (Å²) in [6.07, 6.45) is 0. The molecule has 0 fully saturated rings. The number of aryl methyl sites for hydroxylation is 1. The van der Waals surface area contributed by atoms with E-state index >= 15 is 0 Å². The fourth-order valence-electron chi connectivity index (χ4n) is 3.64. The lowest BCUT2D eigenvalue weighted by Crippen LogP contribution is -2.28. The van der Waals surface area contributed by atoms with E-state index in [4.69, 9.17) is 34.8 Å². The van der Waals surface area contributed by atoms with Crippen LogP contribution in [0.25, 0.3) is 0 Å². The van der Waals surface area contributed by atoms with Crippen molar-refractivity contribution in [2.75, 3.05) is 16.2 Å². The van der Waals surface area contributed by atoms with E-state index in [9.17, 15) is 4.39 Å². The van der Waals surface area contributed by atoms with Crippen LogP contribution < -0.4 is 9.62 Å². The van der Waals surface area contributed by atoms with Gasteiger partial charge in [0.15, 0.2) is 0 Å². The van der Waals surface area contributed by atoms with E-state index in [1.54, 1.807) is 19.1 Å². The van der Waals surface area contributed by atoms with Crippen LogP contribution >= 0.6 is 58.3 Å². The van der Waals surface area contributed by atoms with Crippen LogP contribution in [0.2, 0.25) is 15.1 Å². The molecule has 2 heterocycles. The smallest absolute Gasteiger partial charge is 0.212 e. The van der Waals surface area contributed by atoms with Gasteiger partial charge in [0.2, 0.25) is 5.13 Å². The fraction of sp³-hybridized carbons (Fsp3) is 0.300. The molecule has 4 rings (SSSR count). The average molecular weight is 504 g/mol. The zero-order chi connectivity index (χ0) is 21.6. The van der Waals surface area contributed by atoms with Crippen molar-refractivity contribution >= 4 is 69.1 Å². The summed E-state index contributed by atoms with van der Waals surface area (Å²) >= 11 is 21.6. The second kappa shape index (κ2) is 8.36. The van der Waals surface area contributed by atoms with Crippen LogP contribution in [0.1, 0.15) is 30.8 Å². The summed E-state index contributed by atoms with van der Waals surface area (Å²) in [6, 6.07) is 6.87. The van der Waals surface area contributed by atoms with Crippen LogP contribution in [-0.2, 0) is 12.0 Å². The number of nitrogens with one attached hydrogen (secondary N) is 1. The van der Waals surface area contributed by atoms with Crippen LogP contribution in [0, 0.1) is 12.7 Å². The Morgan fingerprint density at radius 2 is 2.00 bits per heavy atom. The molecule has 0 aliphatic carbocycles. The Labute approximate surface area is 198 Å². The average Bonchev–Trinajstić information content (AvgIpc) is 3.20. The van der Waals surface area contributed by atoms with Gasteiger partial charge in [-0.25, -0.2) is 9.37 Å². The first kappa shape index (κ1) is 22.0. The summed E-state index contributed by atoms with van der Waals surface area (Å²) in [6.45, 7) is 7.25. The third kappa shape index (κ3) is 4.23. The molecule has 0 spiro atoms. The van der Waals surface area contributed by atoms with Gasteiger partial charge in [-0.1, -0.05) is 48.7 Å². The molecule has 0 atom stereocenters. The molecule has 4 nitrogen and oxygen atoms in total. The molecule has 0 saturated carbocycles. The van der Waals surface area contributed by atoms with Gasteiger partial charge < -0.3 is 9.62 Å². The lowest BCUT2D eigenvalue weighted by molar-refractivity contribution is 0.549. The van der Waals surface area contributed by atoms with Gasteiger partial charge in [0.25, 0.3) is 0 Å². The Hall–Kier alpha value is -1.25. The predicted octanol–water partition coefficient (Wildman–Crippen LogP) is 7.36. The zero-order valence-electron chi connectivity index (χ0n) is 16.4. The Morgan fingerprint density at radius 3 is 2.70 bits per heavy atom. The molecule has 1 N–H and O–H groups in total. The predicted molar refractivity (Wildman–Crippen MR) is 126 cm³/mol. The number of nitrogens with zero attached hydrogens (tertiary/aromatic N) is 3. The Kier molecular flexibility index (Phi) is 6.12. The van der Waals surface area contributed by atoms with Crippen molar-refractivity contribution in [3.63, 3.8) is 0 Å². The molecular weight excluding hydrogens is 486 g/mol. The van der Waals surface area contributed by atoms with Gasteiger partial charge in [-0.15, -0.1) is 0 Å². The number of halogens is 4. The second-order valence-corrected chi connectivity index (χ2v) is 10.5. The second-order valence-electron chi connectivity index (χ2n) is 7.72. The summed E-state index contributed by atoms with van der Waals surface area (Å²) < 4.78 is 21.9. The first-order valence-electron chi connectivity index (χ1n) is 9.10. The Bertz CT molecular complexity index is 1120. The number of rotatable bonds is 5. The van der Waals surface area contributed by atoms with E-state index in [0.717, 1.165) is 29.7 Å². The van der Waals surface area contributed by atoms with E-state index in [0.29, 0.717) is 43.0 Å². The molecule has 3 aromatic rings. The van der Waals surface area contributed by atoms with Crippen molar-refractivity contribution < 1.29 is 4.39 Å². The summed E-state index contributed by atoms with van der Waals surface area (Å²) in [5.74, 6) is 0.327. The summed E-state index contributed by atoms with van der Waals surface area (Å²) in [4.78, 5) is 6.76. The van der Waals surface area contributed by atoms with Gasteiger partial charge in [-0.2, -0.15) is 4.37 Å². The fourth-order valence-corrected chi connectivity index (χ4v) is 5.79. The highest BCUT2D eigenvalue weighted by molar-refractivity contribution is 8.00. The third-order valence-corrected chi connectivity index (χ3v) is 7.75. The molecular formula is C20H18Cl3FN4S2. The monoisotopic (exact) mass is 502 g/mol. The van der Waals surface area contributed by atoms with E-state index < -0.39 is 0 Å². The maximum Gasteiger partial charge on any atom is 0.212 e. The maximum absolute atomic E-state index is 14.8. The van der Waals surface area contributed by atoms with Gasteiger partial charge in [0, 0.05) is 46.3 Å². The topological polar surface area (TPSA) is 41.1 Å². The van der Waals surface area contributed by atoms with Gasteiger partial charge in [0.05, 0.1) is 14.9 Å². The third-order valence-electron chi connectivity index (χ3n) is 4.91. The largest absolute Gasteiger partial charge is 0.366 e. The molecule has 0 unspecified atom stereocenters. The van der Waals surface area contributed by atoms with Crippen molar-refractivity contribution in [2.45, 2.75) is 37.6 Å². The molecule has 0 bridgehead atoms. The van der Waals surface area contributed by atoms with Crippen LogP contribution in [0.15, 0.2) is 29.2 Å². The van der Waals surface area contributed by atoms with Gasteiger partial charge in [0.1, 0.15) is 11.6 Å². The molecule has 1 aliphatic heterocycles. The molecule has 0 saturated heterocycles. The first-order valence-corrected chi connectivity index (χ1v) is 11.8. The number of fused-ring (bicyclic) bond motifs is 1.